The second-order valence-electron chi connectivity index (χ2n) is 8.23. The maximum atomic E-state index is 6.30. The third kappa shape index (κ3) is 4.20. The number of halogens is 1. The lowest BCUT2D eigenvalue weighted by molar-refractivity contribution is 0.137. The average Bonchev–Trinajstić information content (AvgIpc) is 3.06. The van der Waals surface area contributed by atoms with Gasteiger partial charge in [-0.1, -0.05) is 30.2 Å². The highest BCUT2D eigenvalue weighted by molar-refractivity contribution is 6.30. The molecule has 0 N–H and O–H groups in total. The summed E-state index contributed by atoms with van der Waals surface area (Å²) in [7, 11) is 5.96. The van der Waals surface area contributed by atoms with Crippen LogP contribution in [0, 0.1) is 6.92 Å². The van der Waals surface area contributed by atoms with E-state index in [-0.39, 0.29) is 6.04 Å². The minimum absolute atomic E-state index is 0.231. The Morgan fingerprint density at radius 2 is 2.03 bits per heavy atom. The van der Waals surface area contributed by atoms with Crippen LogP contribution in [0.3, 0.4) is 0 Å². The Morgan fingerprint density at radius 3 is 2.73 bits per heavy atom. The van der Waals surface area contributed by atoms with Crippen LogP contribution < -0.4 is 4.90 Å². The van der Waals surface area contributed by atoms with Crippen LogP contribution in [0.25, 0.3) is 11.1 Å². The number of benzene rings is 1. The second kappa shape index (κ2) is 8.74. The van der Waals surface area contributed by atoms with E-state index in [1.807, 2.05) is 61.3 Å². The lowest BCUT2D eigenvalue weighted by Gasteiger charge is -2.36. The van der Waals surface area contributed by atoms with Gasteiger partial charge in [-0.2, -0.15) is 5.10 Å². The summed E-state index contributed by atoms with van der Waals surface area (Å²) >= 11 is 6.30. The molecule has 7 heteroatoms. The molecule has 1 fully saturated rings. The van der Waals surface area contributed by atoms with Crippen molar-refractivity contribution in [1.29, 1.82) is 0 Å². The van der Waals surface area contributed by atoms with E-state index in [1.54, 1.807) is 0 Å². The van der Waals surface area contributed by atoms with Gasteiger partial charge in [0.05, 0.1) is 17.9 Å². The lowest BCUT2D eigenvalue weighted by Crippen LogP contribution is -2.34. The summed E-state index contributed by atoms with van der Waals surface area (Å²) in [6, 6.07) is 8.20. The summed E-state index contributed by atoms with van der Waals surface area (Å²) < 4.78 is 1.94. The zero-order chi connectivity index (χ0) is 21.3. The molecule has 1 aliphatic heterocycles. The summed E-state index contributed by atoms with van der Waals surface area (Å²) in [6.07, 6.45) is 7.42. The highest BCUT2D eigenvalue weighted by atomic mass is 35.5. The van der Waals surface area contributed by atoms with Crippen molar-refractivity contribution in [1.82, 2.24) is 24.6 Å². The van der Waals surface area contributed by atoms with Gasteiger partial charge in [-0.3, -0.25) is 9.58 Å². The Bertz CT molecular complexity index is 1030. The molecule has 2 aromatic heterocycles. The molecular formula is C23H29ClN6. The summed E-state index contributed by atoms with van der Waals surface area (Å²) in [6.45, 7) is 4.06. The van der Waals surface area contributed by atoms with Gasteiger partial charge in [-0.15, -0.1) is 0 Å². The first-order chi connectivity index (χ1) is 14.4. The van der Waals surface area contributed by atoms with Gasteiger partial charge in [0.15, 0.2) is 0 Å². The molecule has 30 heavy (non-hydrogen) atoms. The van der Waals surface area contributed by atoms with Crippen LogP contribution >= 0.6 is 11.6 Å². The van der Waals surface area contributed by atoms with Crippen LogP contribution in [0.1, 0.15) is 42.3 Å². The Hall–Kier alpha value is -2.44. The van der Waals surface area contributed by atoms with Gasteiger partial charge in [0.25, 0.3) is 0 Å². The molecule has 4 rings (SSSR count). The molecule has 0 bridgehead atoms. The topological polar surface area (TPSA) is 50.1 Å². The minimum atomic E-state index is 0.231. The van der Waals surface area contributed by atoms with E-state index in [0.29, 0.717) is 0 Å². The Kier molecular flexibility index (Phi) is 6.06. The van der Waals surface area contributed by atoms with Crippen LogP contribution in [0.15, 0.2) is 36.7 Å². The molecule has 1 atom stereocenters. The summed E-state index contributed by atoms with van der Waals surface area (Å²) in [5.41, 5.74) is 5.69. The molecule has 3 aromatic rings. The standard InChI is InChI=1S/C23H29ClN6/c1-16-18(13-26-29(16)4)15-30-11-6-5-10-21(30)22-20(14-25-23(27-22)28(2)3)17-8-7-9-19(24)12-17/h7-9,12-14,21H,5-6,10-11,15H2,1-4H3. The number of nitrogens with zero attached hydrogens (tertiary/aromatic N) is 6. The van der Waals surface area contributed by atoms with Crippen molar-refractivity contribution < 1.29 is 0 Å². The number of hydrogen-bond donors (Lipinski definition) is 0. The predicted octanol–water partition coefficient (Wildman–Crippen LogP) is 4.63. The maximum Gasteiger partial charge on any atom is 0.225 e. The molecule has 158 valence electrons. The van der Waals surface area contributed by atoms with Crippen molar-refractivity contribution in [2.75, 3.05) is 25.5 Å². The summed E-state index contributed by atoms with van der Waals surface area (Å²) in [5.74, 6) is 0.735. The molecule has 1 aliphatic rings. The smallest absolute Gasteiger partial charge is 0.225 e. The number of likely N-dealkylation sites (tertiary alicyclic amines) is 1. The van der Waals surface area contributed by atoms with Crippen LogP contribution in [-0.2, 0) is 13.6 Å². The zero-order valence-electron chi connectivity index (χ0n) is 18.1. The number of piperidine rings is 1. The van der Waals surface area contributed by atoms with E-state index in [9.17, 15) is 0 Å². The largest absolute Gasteiger partial charge is 0.347 e. The van der Waals surface area contributed by atoms with Gasteiger partial charge in [0, 0.05) is 55.7 Å². The molecule has 0 aliphatic carbocycles. The Balaban J connectivity index is 1.77. The third-order valence-electron chi connectivity index (χ3n) is 5.98. The Morgan fingerprint density at radius 1 is 1.20 bits per heavy atom. The first kappa shape index (κ1) is 20.8. The molecule has 0 amide bonds. The van der Waals surface area contributed by atoms with Crippen molar-refractivity contribution in [3.05, 3.63) is 58.6 Å². The number of anilines is 1. The molecule has 3 heterocycles. The fourth-order valence-corrected chi connectivity index (χ4v) is 4.33. The predicted molar refractivity (Wildman–Crippen MR) is 122 cm³/mol. The van der Waals surface area contributed by atoms with Gasteiger partial charge in [-0.25, -0.2) is 9.97 Å². The second-order valence-corrected chi connectivity index (χ2v) is 8.67. The van der Waals surface area contributed by atoms with Crippen LogP contribution in [-0.4, -0.2) is 45.3 Å². The van der Waals surface area contributed by atoms with E-state index in [2.05, 4.69) is 28.0 Å². The number of hydrogen-bond acceptors (Lipinski definition) is 5. The molecule has 1 unspecified atom stereocenters. The monoisotopic (exact) mass is 424 g/mol. The van der Waals surface area contributed by atoms with Gasteiger partial charge in [0.1, 0.15) is 0 Å². The summed E-state index contributed by atoms with van der Waals surface area (Å²) in [4.78, 5) is 14.1. The third-order valence-corrected chi connectivity index (χ3v) is 6.22. The zero-order valence-corrected chi connectivity index (χ0v) is 18.9. The lowest BCUT2D eigenvalue weighted by atomic mass is 9.93. The highest BCUT2D eigenvalue weighted by Gasteiger charge is 2.29. The number of aryl methyl sites for hydroxylation is 1. The average molecular weight is 425 g/mol. The highest BCUT2D eigenvalue weighted by Crippen LogP contribution is 2.37. The number of aromatic nitrogens is 4. The van der Waals surface area contributed by atoms with Gasteiger partial charge < -0.3 is 4.90 Å². The first-order valence-corrected chi connectivity index (χ1v) is 10.8. The van der Waals surface area contributed by atoms with E-state index >= 15 is 0 Å². The van der Waals surface area contributed by atoms with Crippen LogP contribution in [0.4, 0.5) is 5.95 Å². The van der Waals surface area contributed by atoms with E-state index < -0.39 is 0 Å². The summed E-state index contributed by atoms with van der Waals surface area (Å²) in [5, 5.41) is 5.16. The van der Waals surface area contributed by atoms with Crippen molar-refractivity contribution in [3.63, 3.8) is 0 Å². The molecule has 0 spiro atoms. The van der Waals surface area contributed by atoms with Gasteiger partial charge in [0.2, 0.25) is 5.95 Å². The Labute approximate surface area is 183 Å². The van der Waals surface area contributed by atoms with Crippen LogP contribution in [0.2, 0.25) is 5.02 Å². The molecule has 0 radical (unpaired) electrons. The molecule has 1 saturated heterocycles. The fourth-order valence-electron chi connectivity index (χ4n) is 4.14. The maximum absolute atomic E-state index is 6.30. The van der Waals surface area contributed by atoms with Crippen LogP contribution in [0.5, 0.6) is 0 Å². The minimum Gasteiger partial charge on any atom is -0.347 e. The number of rotatable bonds is 5. The fraction of sp³-hybridized carbons (Fsp3) is 0.435. The van der Waals surface area contributed by atoms with Gasteiger partial charge >= 0.3 is 0 Å². The van der Waals surface area contributed by atoms with E-state index in [1.165, 1.54) is 24.1 Å². The normalized spacial score (nSPS) is 17.3. The van der Waals surface area contributed by atoms with Crippen molar-refractivity contribution in [2.45, 2.75) is 38.8 Å². The van der Waals surface area contributed by atoms with Crippen molar-refractivity contribution in [2.24, 2.45) is 7.05 Å². The van der Waals surface area contributed by atoms with Crippen molar-refractivity contribution >= 4 is 17.5 Å². The van der Waals surface area contributed by atoms with Crippen molar-refractivity contribution in [3.8, 4) is 11.1 Å². The molecule has 6 nitrogen and oxygen atoms in total. The SMILES string of the molecule is Cc1c(CN2CCCCC2c2nc(N(C)C)ncc2-c2cccc(Cl)c2)cnn1C. The van der Waals surface area contributed by atoms with Gasteiger partial charge in [-0.05, 0) is 44.0 Å². The van der Waals surface area contributed by atoms with E-state index in [4.69, 9.17) is 16.6 Å². The quantitative estimate of drug-likeness (QED) is 0.597. The molecule has 0 saturated carbocycles. The molecule has 1 aromatic carbocycles. The first-order valence-electron chi connectivity index (χ1n) is 10.5. The van der Waals surface area contributed by atoms with E-state index in [0.717, 1.165) is 47.3 Å². The molecular weight excluding hydrogens is 396 g/mol.